The van der Waals surface area contributed by atoms with E-state index in [4.69, 9.17) is 11.6 Å². The summed E-state index contributed by atoms with van der Waals surface area (Å²) in [5.74, 6) is -0.243. The van der Waals surface area contributed by atoms with Crippen molar-refractivity contribution in [3.05, 3.63) is 77.8 Å². The first-order valence-corrected chi connectivity index (χ1v) is 8.04. The molecule has 5 heteroatoms. The van der Waals surface area contributed by atoms with E-state index in [1.807, 2.05) is 30.3 Å². The first-order chi connectivity index (χ1) is 11.6. The molecule has 1 fully saturated rings. The summed E-state index contributed by atoms with van der Waals surface area (Å²) < 4.78 is 0. The number of hydrogen-bond acceptors (Lipinski definition) is 2. The molecule has 2 aromatic carbocycles. The maximum atomic E-state index is 12.9. The van der Waals surface area contributed by atoms with Gasteiger partial charge in [0.1, 0.15) is 6.04 Å². The van der Waals surface area contributed by atoms with Crippen LogP contribution in [-0.4, -0.2) is 29.4 Å². The quantitative estimate of drug-likeness (QED) is 0.611. The zero-order valence-electron chi connectivity index (χ0n) is 13.1. The van der Waals surface area contributed by atoms with Gasteiger partial charge in [-0.15, -0.1) is 6.58 Å². The highest BCUT2D eigenvalue weighted by molar-refractivity contribution is 6.31. The van der Waals surface area contributed by atoms with Gasteiger partial charge in [-0.3, -0.25) is 4.79 Å². The topological polar surface area (TPSA) is 40.6 Å². The lowest BCUT2D eigenvalue weighted by Gasteiger charge is -2.20. The fourth-order valence-corrected chi connectivity index (χ4v) is 3.06. The summed E-state index contributed by atoms with van der Waals surface area (Å²) in [6, 6.07) is 15.5. The first-order valence-electron chi connectivity index (χ1n) is 7.67. The predicted molar refractivity (Wildman–Crippen MR) is 95.2 cm³/mol. The van der Waals surface area contributed by atoms with Gasteiger partial charge in [-0.25, -0.2) is 9.69 Å². The standard InChI is InChI=1S/C19H17ClN2O2/c1-2-11-21-17(12-14-7-4-3-5-8-14)18(23)22(19(21)24)16-10-6-9-15(20)13-16/h2-10,13,17H,1,11-12H2. The number of carbonyl (C=O) groups is 2. The summed E-state index contributed by atoms with van der Waals surface area (Å²) in [6.07, 6.45) is 2.10. The summed E-state index contributed by atoms with van der Waals surface area (Å²) >= 11 is 6.00. The number of benzene rings is 2. The van der Waals surface area contributed by atoms with Crippen LogP contribution in [-0.2, 0) is 11.2 Å². The molecule has 0 bridgehead atoms. The van der Waals surface area contributed by atoms with Crippen LogP contribution >= 0.6 is 11.6 Å². The SMILES string of the molecule is C=CCN1C(=O)N(c2cccc(Cl)c2)C(=O)C1Cc1ccccc1. The van der Waals surface area contributed by atoms with Crippen LogP contribution in [0.2, 0.25) is 5.02 Å². The largest absolute Gasteiger partial charge is 0.332 e. The molecule has 0 spiro atoms. The molecule has 122 valence electrons. The van der Waals surface area contributed by atoms with E-state index in [0.717, 1.165) is 5.56 Å². The van der Waals surface area contributed by atoms with Crippen LogP contribution in [0.3, 0.4) is 0 Å². The van der Waals surface area contributed by atoms with E-state index in [1.54, 1.807) is 35.2 Å². The molecule has 1 saturated heterocycles. The maximum absolute atomic E-state index is 12.9. The lowest BCUT2D eigenvalue weighted by atomic mass is 10.0. The van der Waals surface area contributed by atoms with Crippen LogP contribution in [0.25, 0.3) is 0 Å². The minimum Gasteiger partial charge on any atom is -0.308 e. The Bertz CT molecular complexity index is 776. The van der Waals surface area contributed by atoms with Gasteiger partial charge < -0.3 is 4.90 Å². The fraction of sp³-hybridized carbons (Fsp3) is 0.158. The molecule has 1 unspecified atom stereocenters. The van der Waals surface area contributed by atoms with E-state index in [-0.39, 0.29) is 11.9 Å². The Morgan fingerprint density at radius 1 is 1.08 bits per heavy atom. The summed E-state index contributed by atoms with van der Waals surface area (Å²) in [6.45, 7) is 4.01. The van der Waals surface area contributed by atoms with Crippen molar-refractivity contribution < 1.29 is 9.59 Å². The van der Waals surface area contributed by atoms with Crippen LogP contribution < -0.4 is 4.90 Å². The number of urea groups is 1. The van der Waals surface area contributed by atoms with E-state index in [1.165, 1.54) is 4.90 Å². The van der Waals surface area contributed by atoms with Crippen molar-refractivity contribution in [2.24, 2.45) is 0 Å². The van der Waals surface area contributed by atoms with E-state index in [9.17, 15) is 9.59 Å². The Balaban J connectivity index is 1.94. The van der Waals surface area contributed by atoms with E-state index in [2.05, 4.69) is 6.58 Å². The molecule has 0 radical (unpaired) electrons. The van der Waals surface area contributed by atoms with Crippen molar-refractivity contribution in [1.82, 2.24) is 4.90 Å². The van der Waals surface area contributed by atoms with Gasteiger partial charge in [0, 0.05) is 18.0 Å². The number of amides is 3. The van der Waals surface area contributed by atoms with Crippen molar-refractivity contribution in [2.45, 2.75) is 12.5 Å². The molecule has 3 amide bonds. The molecular weight excluding hydrogens is 324 g/mol. The Hall–Kier alpha value is -2.59. The molecule has 0 N–H and O–H groups in total. The van der Waals surface area contributed by atoms with E-state index >= 15 is 0 Å². The molecule has 3 rings (SSSR count). The van der Waals surface area contributed by atoms with Crippen molar-refractivity contribution in [3.63, 3.8) is 0 Å². The second-order valence-corrected chi connectivity index (χ2v) is 6.02. The Kier molecular flexibility index (Phi) is 4.67. The zero-order chi connectivity index (χ0) is 17.1. The van der Waals surface area contributed by atoms with E-state index < -0.39 is 6.04 Å². The van der Waals surface area contributed by atoms with Crippen molar-refractivity contribution >= 4 is 29.2 Å². The Labute approximate surface area is 145 Å². The third kappa shape index (κ3) is 3.05. The number of hydrogen-bond donors (Lipinski definition) is 0. The van der Waals surface area contributed by atoms with Gasteiger partial charge in [-0.05, 0) is 23.8 Å². The third-order valence-corrected chi connectivity index (χ3v) is 4.22. The minimum atomic E-state index is -0.545. The Morgan fingerprint density at radius 3 is 2.50 bits per heavy atom. The lowest BCUT2D eigenvalue weighted by molar-refractivity contribution is -0.119. The number of carbonyl (C=O) groups excluding carboxylic acids is 2. The third-order valence-electron chi connectivity index (χ3n) is 3.98. The molecule has 0 aliphatic carbocycles. The van der Waals surface area contributed by atoms with Crippen molar-refractivity contribution in [2.75, 3.05) is 11.4 Å². The highest BCUT2D eigenvalue weighted by Crippen LogP contribution is 2.28. The average Bonchev–Trinajstić information content (AvgIpc) is 2.80. The van der Waals surface area contributed by atoms with E-state index in [0.29, 0.717) is 23.7 Å². The van der Waals surface area contributed by atoms with Crippen LogP contribution in [0.5, 0.6) is 0 Å². The van der Waals surface area contributed by atoms with Gasteiger partial charge in [0.15, 0.2) is 0 Å². The monoisotopic (exact) mass is 340 g/mol. The molecule has 4 nitrogen and oxygen atoms in total. The Morgan fingerprint density at radius 2 is 1.83 bits per heavy atom. The van der Waals surface area contributed by atoms with Crippen molar-refractivity contribution in [3.8, 4) is 0 Å². The summed E-state index contributed by atoms with van der Waals surface area (Å²) in [5, 5.41) is 0.481. The molecule has 2 aromatic rings. The van der Waals surface area contributed by atoms with Crippen LogP contribution in [0.15, 0.2) is 67.3 Å². The predicted octanol–water partition coefficient (Wildman–Crippen LogP) is 3.91. The van der Waals surface area contributed by atoms with Crippen LogP contribution in [0.1, 0.15) is 5.56 Å². The van der Waals surface area contributed by atoms with Crippen LogP contribution in [0, 0.1) is 0 Å². The molecule has 0 aromatic heterocycles. The zero-order valence-corrected chi connectivity index (χ0v) is 13.8. The van der Waals surface area contributed by atoms with Crippen molar-refractivity contribution in [1.29, 1.82) is 0 Å². The van der Waals surface area contributed by atoms with Gasteiger partial charge in [0.25, 0.3) is 5.91 Å². The van der Waals surface area contributed by atoms with Gasteiger partial charge in [0.2, 0.25) is 0 Å². The van der Waals surface area contributed by atoms with Gasteiger partial charge >= 0.3 is 6.03 Å². The lowest BCUT2D eigenvalue weighted by Crippen LogP contribution is -2.36. The number of halogens is 1. The molecule has 24 heavy (non-hydrogen) atoms. The maximum Gasteiger partial charge on any atom is 0.332 e. The molecule has 0 saturated carbocycles. The molecule has 1 atom stereocenters. The van der Waals surface area contributed by atoms with Gasteiger partial charge in [0.05, 0.1) is 5.69 Å². The molecular formula is C19H17ClN2O2. The molecule has 1 aliphatic heterocycles. The second kappa shape index (κ2) is 6.89. The fourth-order valence-electron chi connectivity index (χ4n) is 2.87. The summed E-state index contributed by atoms with van der Waals surface area (Å²) in [5.41, 5.74) is 1.49. The molecule has 1 aliphatic rings. The van der Waals surface area contributed by atoms with Crippen LogP contribution in [0.4, 0.5) is 10.5 Å². The smallest absolute Gasteiger partial charge is 0.308 e. The normalized spacial score (nSPS) is 17.5. The highest BCUT2D eigenvalue weighted by atomic mass is 35.5. The molecule has 1 heterocycles. The van der Waals surface area contributed by atoms with Gasteiger partial charge in [-0.2, -0.15) is 0 Å². The average molecular weight is 341 g/mol. The minimum absolute atomic E-state index is 0.243. The first kappa shape index (κ1) is 16.3. The number of anilines is 1. The summed E-state index contributed by atoms with van der Waals surface area (Å²) in [4.78, 5) is 28.4. The summed E-state index contributed by atoms with van der Waals surface area (Å²) in [7, 11) is 0. The highest BCUT2D eigenvalue weighted by Gasteiger charge is 2.45. The van der Waals surface area contributed by atoms with Gasteiger partial charge in [-0.1, -0.05) is 54.1 Å². The number of imide groups is 1. The second-order valence-electron chi connectivity index (χ2n) is 5.58. The number of nitrogens with zero attached hydrogens (tertiary/aromatic N) is 2. The number of rotatable bonds is 5.